The van der Waals surface area contributed by atoms with Gasteiger partial charge >= 0.3 is 0 Å². The van der Waals surface area contributed by atoms with Crippen LogP contribution in [0.3, 0.4) is 0 Å². The monoisotopic (exact) mass is 357 g/mol. The smallest absolute Gasteiger partial charge is 0.286 e. The number of nitrogens with one attached hydrogen (secondary N) is 1. The highest BCUT2D eigenvalue weighted by Crippen LogP contribution is 2.33. The van der Waals surface area contributed by atoms with E-state index in [0.29, 0.717) is 10.1 Å². The van der Waals surface area contributed by atoms with Crippen molar-refractivity contribution in [1.29, 1.82) is 0 Å². The van der Waals surface area contributed by atoms with E-state index in [1.54, 1.807) is 0 Å². The maximum absolute atomic E-state index is 13.3. The SMILES string of the molecule is C[C@H]1CNCCN1C1=NC(=O)/C(=C/c2cc(F)ccc2O)S1.Cl. The summed E-state index contributed by atoms with van der Waals surface area (Å²) in [6.07, 6.45) is 1.48. The summed E-state index contributed by atoms with van der Waals surface area (Å²) in [5, 5.41) is 13.7. The van der Waals surface area contributed by atoms with Crippen molar-refractivity contribution in [2.75, 3.05) is 19.6 Å². The Labute approximate surface area is 144 Å². The summed E-state index contributed by atoms with van der Waals surface area (Å²) in [5.41, 5.74) is 0.278. The number of aliphatic imine (C=N–C) groups is 1. The van der Waals surface area contributed by atoms with Gasteiger partial charge in [-0.15, -0.1) is 12.4 Å². The van der Waals surface area contributed by atoms with Crippen LogP contribution >= 0.6 is 24.2 Å². The number of amidine groups is 1. The molecule has 0 aromatic heterocycles. The number of benzene rings is 1. The standard InChI is InChI=1S/C15H16FN3O2S.ClH/c1-9-8-17-4-5-19(9)15-18-14(21)13(22-15)7-10-6-11(16)2-3-12(10)20;/h2-3,6-7,9,17,20H,4-5,8H2,1H3;1H/b13-7-;/t9-;/m0./s1. The first kappa shape index (κ1) is 17.8. The molecule has 1 aromatic rings. The van der Waals surface area contributed by atoms with E-state index >= 15 is 0 Å². The van der Waals surface area contributed by atoms with Crippen LogP contribution in [0.2, 0.25) is 0 Å². The molecule has 0 aliphatic carbocycles. The molecule has 2 N–H and O–H groups in total. The predicted octanol–water partition coefficient (Wildman–Crippen LogP) is 2.22. The van der Waals surface area contributed by atoms with Crippen molar-refractivity contribution < 1.29 is 14.3 Å². The van der Waals surface area contributed by atoms with E-state index in [1.807, 2.05) is 0 Å². The molecule has 1 atom stereocenters. The molecule has 1 aromatic carbocycles. The van der Waals surface area contributed by atoms with Gasteiger partial charge in [0.05, 0.1) is 4.91 Å². The maximum Gasteiger partial charge on any atom is 0.286 e. The first-order chi connectivity index (χ1) is 10.5. The van der Waals surface area contributed by atoms with Crippen LogP contribution in [0.25, 0.3) is 6.08 Å². The summed E-state index contributed by atoms with van der Waals surface area (Å²) in [5.74, 6) is -0.877. The van der Waals surface area contributed by atoms with Gasteiger partial charge in [-0.3, -0.25) is 4.79 Å². The molecule has 8 heteroatoms. The Morgan fingerprint density at radius 3 is 3.04 bits per heavy atom. The molecule has 1 fully saturated rings. The number of aromatic hydroxyl groups is 1. The molecule has 0 bridgehead atoms. The highest BCUT2D eigenvalue weighted by Gasteiger charge is 2.30. The Bertz CT molecular complexity index is 681. The normalized spacial score (nSPS) is 23.0. The van der Waals surface area contributed by atoms with Gasteiger partial charge in [0, 0.05) is 31.2 Å². The summed E-state index contributed by atoms with van der Waals surface area (Å²) in [6, 6.07) is 3.90. The molecular weight excluding hydrogens is 341 g/mol. The third-order valence-corrected chi connectivity index (χ3v) is 4.65. The third kappa shape index (κ3) is 3.85. The number of carbonyl (C=O) groups is 1. The zero-order valence-corrected chi connectivity index (χ0v) is 14.1. The Balaban J connectivity index is 0.00000192. The average molecular weight is 358 g/mol. The van der Waals surface area contributed by atoms with Crippen molar-refractivity contribution in [3.05, 3.63) is 34.5 Å². The van der Waals surface area contributed by atoms with Crippen molar-refractivity contribution >= 4 is 41.3 Å². The fourth-order valence-corrected chi connectivity index (χ4v) is 3.46. The number of hydrogen-bond donors (Lipinski definition) is 2. The maximum atomic E-state index is 13.3. The first-order valence-electron chi connectivity index (χ1n) is 7.03. The lowest BCUT2D eigenvalue weighted by molar-refractivity contribution is -0.113. The summed E-state index contributed by atoms with van der Waals surface area (Å²) in [4.78, 5) is 18.6. The largest absolute Gasteiger partial charge is 0.507 e. The summed E-state index contributed by atoms with van der Waals surface area (Å²) in [7, 11) is 0. The van der Waals surface area contributed by atoms with E-state index in [0.717, 1.165) is 19.6 Å². The Kier molecular flexibility index (Phi) is 5.67. The van der Waals surface area contributed by atoms with Gasteiger partial charge in [-0.1, -0.05) is 0 Å². The highest BCUT2D eigenvalue weighted by molar-refractivity contribution is 8.18. The second-order valence-corrected chi connectivity index (χ2v) is 6.27. The molecule has 23 heavy (non-hydrogen) atoms. The van der Waals surface area contributed by atoms with Gasteiger partial charge < -0.3 is 15.3 Å². The molecule has 0 spiro atoms. The van der Waals surface area contributed by atoms with Crippen LogP contribution in [0, 0.1) is 5.82 Å². The van der Waals surface area contributed by atoms with E-state index in [9.17, 15) is 14.3 Å². The molecule has 2 heterocycles. The quantitative estimate of drug-likeness (QED) is 0.754. The number of phenols is 1. The van der Waals surface area contributed by atoms with Crippen LogP contribution in [-0.2, 0) is 4.79 Å². The topological polar surface area (TPSA) is 64.9 Å². The lowest BCUT2D eigenvalue weighted by atomic mass is 10.2. The Morgan fingerprint density at radius 1 is 1.52 bits per heavy atom. The second-order valence-electron chi connectivity index (χ2n) is 5.26. The van der Waals surface area contributed by atoms with E-state index in [-0.39, 0.29) is 35.7 Å². The van der Waals surface area contributed by atoms with Gasteiger partial charge in [0.2, 0.25) is 0 Å². The molecule has 2 aliphatic heterocycles. The molecule has 2 aliphatic rings. The van der Waals surface area contributed by atoms with Crippen LogP contribution in [-0.4, -0.2) is 46.8 Å². The number of rotatable bonds is 1. The van der Waals surface area contributed by atoms with E-state index in [1.165, 1.54) is 36.0 Å². The zero-order chi connectivity index (χ0) is 15.7. The lowest BCUT2D eigenvalue weighted by Crippen LogP contribution is -2.51. The number of nitrogens with zero attached hydrogens (tertiary/aromatic N) is 2. The predicted molar refractivity (Wildman–Crippen MR) is 92.4 cm³/mol. The summed E-state index contributed by atoms with van der Waals surface area (Å²) < 4.78 is 13.3. The number of phenolic OH excluding ortho intramolecular Hbond substituents is 1. The molecule has 5 nitrogen and oxygen atoms in total. The first-order valence-corrected chi connectivity index (χ1v) is 7.84. The van der Waals surface area contributed by atoms with Crippen LogP contribution < -0.4 is 5.32 Å². The molecule has 0 unspecified atom stereocenters. The van der Waals surface area contributed by atoms with Gasteiger partial charge in [-0.2, -0.15) is 4.99 Å². The van der Waals surface area contributed by atoms with Gasteiger partial charge in [0.1, 0.15) is 11.6 Å². The van der Waals surface area contributed by atoms with Crippen LogP contribution in [0.5, 0.6) is 5.75 Å². The molecule has 124 valence electrons. The van der Waals surface area contributed by atoms with Crippen molar-refractivity contribution in [2.24, 2.45) is 4.99 Å². The third-order valence-electron chi connectivity index (χ3n) is 3.63. The van der Waals surface area contributed by atoms with Crippen molar-refractivity contribution in [1.82, 2.24) is 10.2 Å². The van der Waals surface area contributed by atoms with Crippen molar-refractivity contribution in [2.45, 2.75) is 13.0 Å². The number of halogens is 2. The molecule has 1 saturated heterocycles. The highest BCUT2D eigenvalue weighted by atomic mass is 35.5. The van der Waals surface area contributed by atoms with E-state index in [4.69, 9.17) is 0 Å². The second kappa shape index (κ2) is 7.33. The number of piperazine rings is 1. The Hall–Kier alpha value is -1.57. The van der Waals surface area contributed by atoms with Crippen LogP contribution in [0.15, 0.2) is 28.1 Å². The van der Waals surface area contributed by atoms with E-state index < -0.39 is 5.82 Å². The lowest BCUT2D eigenvalue weighted by Gasteiger charge is -2.34. The van der Waals surface area contributed by atoms with Gasteiger partial charge in [0.25, 0.3) is 5.91 Å². The minimum atomic E-state index is -0.461. The van der Waals surface area contributed by atoms with Gasteiger partial charge in [0.15, 0.2) is 5.17 Å². The number of hydrogen-bond acceptors (Lipinski definition) is 5. The minimum absolute atomic E-state index is 0. The average Bonchev–Trinajstić information content (AvgIpc) is 2.84. The molecule has 1 amide bonds. The summed E-state index contributed by atoms with van der Waals surface area (Å²) in [6.45, 7) is 4.55. The molecular formula is C15H17ClFN3O2S. The Morgan fingerprint density at radius 2 is 2.30 bits per heavy atom. The van der Waals surface area contributed by atoms with Gasteiger partial charge in [-0.25, -0.2) is 4.39 Å². The van der Waals surface area contributed by atoms with Gasteiger partial charge in [-0.05, 0) is 43.0 Å². The van der Waals surface area contributed by atoms with E-state index in [2.05, 4.69) is 22.1 Å². The fraction of sp³-hybridized carbons (Fsp3) is 0.333. The molecule has 0 saturated carbocycles. The van der Waals surface area contributed by atoms with Crippen molar-refractivity contribution in [3.8, 4) is 5.75 Å². The summed E-state index contributed by atoms with van der Waals surface area (Å²) >= 11 is 1.26. The number of carbonyl (C=O) groups excluding carboxylic acids is 1. The fourth-order valence-electron chi connectivity index (χ4n) is 2.43. The van der Waals surface area contributed by atoms with Crippen LogP contribution in [0.1, 0.15) is 12.5 Å². The minimum Gasteiger partial charge on any atom is -0.507 e. The molecule has 3 rings (SSSR count). The zero-order valence-electron chi connectivity index (χ0n) is 12.5. The van der Waals surface area contributed by atoms with Crippen LogP contribution in [0.4, 0.5) is 4.39 Å². The number of amides is 1. The molecule has 0 radical (unpaired) electrons. The van der Waals surface area contributed by atoms with Crippen molar-refractivity contribution in [3.63, 3.8) is 0 Å². The number of thioether (sulfide) groups is 1.